The molecule has 27 heavy (non-hydrogen) atoms. The normalized spacial score (nSPS) is 22.1. The van der Waals surface area contributed by atoms with E-state index in [0.29, 0.717) is 13.2 Å². The number of hydrogen-bond donors (Lipinski definition) is 1. The number of hydrogen-bond acceptors (Lipinski definition) is 3. The summed E-state index contributed by atoms with van der Waals surface area (Å²) < 4.78 is 46.8. The lowest BCUT2D eigenvalue weighted by molar-refractivity contribution is -0.122. The van der Waals surface area contributed by atoms with Crippen LogP contribution in [0.4, 0.5) is 13.2 Å². The van der Waals surface area contributed by atoms with Gasteiger partial charge in [-0.2, -0.15) is 13.2 Å². The molecular formula is C20H23F3N2O2. The highest BCUT2D eigenvalue weighted by Gasteiger charge is 2.44. The third kappa shape index (κ3) is 4.35. The number of primary amides is 1. The fourth-order valence-corrected chi connectivity index (χ4v) is 3.75. The van der Waals surface area contributed by atoms with Gasteiger partial charge in [-0.25, -0.2) is 0 Å². The summed E-state index contributed by atoms with van der Waals surface area (Å²) in [7, 11) is 0. The Labute approximate surface area is 156 Å². The number of rotatable bonds is 4. The van der Waals surface area contributed by atoms with Gasteiger partial charge in [0.1, 0.15) is 5.70 Å². The van der Waals surface area contributed by atoms with Crippen LogP contribution in [0.3, 0.4) is 0 Å². The van der Waals surface area contributed by atoms with Crippen LogP contribution in [-0.4, -0.2) is 36.7 Å². The van der Waals surface area contributed by atoms with Crippen LogP contribution < -0.4 is 5.73 Å². The monoisotopic (exact) mass is 380 g/mol. The molecule has 4 nitrogen and oxygen atoms in total. The molecule has 1 aromatic carbocycles. The molecule has 0 radical (unpaired) electrons. The van der Waals surface area contributed by atoms with Crippen molar-refractivity contribution in [1.82, 2.24) is 4.90 Å². The first-order chi connectivity index (χ1) is 12.8. The summed E-state index contributed by atoms with van der Waals surface area (Å²) in [4.78, 5) is 12.9. The number of allylic oxidation sites excluding steroid dienone is 3. The molecule has 2 aliphatic rings. The predicted molar refractivity (Wildman–Crippen MR) is 95.6 cm³/mol. The van der Waals surface area contributed by atoms with Gasteiger partial charge in [0.25, 0.3) is 0 Å². The van der Waals surface area contributed by atoms with E-state index < -0.39 is 23.8 Å². The summed E-state index contributed by atoms with van der Waals surface area (Å²) in [5, 5.41) is 0. The number of halogens is 3. The molecule has 1 fully saturated rings. The molecule has 0 aromatic heterocycles. The Morgan fingerprint density at radius 1 is 1.26 bits per heavy atom. The maximum atomic E-state index is 13.7. The van der Waals surface area contributed by atoms with E-state index in [1.54, 1.807) is 0 Å². The van der Waals surface area contributed by atoms with Crippen LogP contribution in [0, 0.1) is 12.8 Å². The van der Waals surface area contributed by atoms with Gasteiger partial charge in [-0.1, -0.05) is 29.8 Å². The lowest BCUT2D eigenvalue weighted by Crippen LogP contribution is -2.44. The highest BCUT2D eigenvalue weighted by molar-refractivity contribution is 5.93. The molecule has 2 atom stereocenters. The van der Waals surface area contributed by atoms with E-state index in [2.05, 4.69) is 0 Å². The Kier molecular flexibility index (Phi) is 5.60. The van der Waals surface area contributed by atoms with Crippen molar-refractivity contribution in [2.24, 2.45) is 11.7 Å². The third-order valence-electron chi connectivity index (χ3n) is 5.10. The van der Waals surface area contributed by atoms with Crippen molar-refractivity contribution in [2.45, 2.75) is 32.0 Å². The first kappa shape index (κ1) is 19.5. The Balaban J connectivity index is 2.05. The molecular weight excluding hydrogens is 357 g/mol. The third-order valence-corrected chi connectivity index (χ3v) is 5.10. The van der Waals surface area contributed by atoms with E-state index in [-0.39, 0.29) is 18.0 Å². The predicted octanol–water partition coefficient (Wildman–Crippen LogP) is 3.64. The lowest BCUT2D eigenvalue weighted by atomic mass is 9.86. The van der Waals surface area contributed by atoms with Crippen LogP contribution in [0.5, 0.6) is 0 Å². The molecule has 146 valence electrons. The number of nitrogens with zero attached hydrogens (tertiary/aromatic N) is 1. The van der Waals surface area contributed by atoms with Crippen LogP contribution in [0.1, 0.15) is 30.0 Å². The summed E-state index contributed by atoms with van der Waals surface area (Å²) >= 11 is 0. The number of benzene rings is 1. The quantitative estimate of drug-likeness (QED) is 0.868. The molecule has 7 heteroatoms. The van der Waals surface area contributed by atoms with Gasteiger partial charge in [-0.15, -0.1) is 0 Å². The highest BCUT2D eigenvalue weighted by Crippen LogP contribution is 2.42. The summed E-state index contributed by atoms with van der Waals surface area (Å²) in [6.45, 7) is 2.76. The van der Waals surface area contributed by atoms with Crippen molar-refractivity contribution in [3.63, 3.8) is 0 Å². The van der Waals surface area contributed by atoms with Gasteiger partial charge < -0.3 is 15.4 Å². The second kappa shape index (κ2) is 7.76. The first-order valence-electron chi connectivity index (χ1n) is 8.96. The Hall–Kier alpha value is -2.28. The summed E-state index contributed by atoms with van der Waals surface area (Å²) in [6, 6.07) is 6.92. The summed E-state index contributed by atoms with van der Waals surface area (Å²) in [6.07, 6.45) is -0.849. The van der Waals surface area contributed by atoms with Crippen molar-refractivity contribution in [1.29, 1.82) is 0 Å². The molecule has 2 N–H and O–H groups in total. The zero-order chi connectivity index (χ0) is 19.6. The van der Waals surface area contributed by atoms with Crippen molar-refractivity contribution in [2.75, 3.05) is 19.8 Å². The average Bonchev–Trinajstić information content (AvgIpc) is 2.63. The standard InChI is InChI=1S/C20H23F3N2O2/c1-13-4-6-14(7-5-13)18(16-3-2-10-27-12-16)25-11-15(19(24)26)8-9-17(25)20(21,22)23/h4-9,16,18H,2-3,10-12H2,1H3,(H2,24,26)/t16-,18-/m0/s1. The average molecular weight is 380 g/mol. The van der Waals surface area contributed by atoms with Gasteiger partial charge in [-0.05, 0) is 37.5 Å². The van der Waals surface area contributed by atoms with E-state index >= 15 is 0 Å². The maximum absolute atomic E-state index is 13.7. The number of ether oxygens (including phenoxy) is 1. The van der Waals surface area contributed by atoms with E-state index in [9.17, 15) is 18.0 Å². The van der Waals surface area contributed by atoms with Crippen LogP contribution >= 0.6 is 0 Å². The molecule has 1 amide bonds. The largest absolute Gasteiger partial charge is 0.431 e. The van der Waals surface area contributed by atoms with Crippen LogP contribution in [0.2, 0.25) is 0 Å². The molecule has 0 unspecified atom stereocenters. The number of alkyl halides is 3. The number of nitrogens with two attached hydrogens (primary N) is 1. The van der Waals surface area contributed by atoms with Crippen LogP contribution in [-0.2, 0) is 9.53 Å². The van der Waals surface area contributed by atoms with Crippen molar-refractivity contribution >= 4 is 5.91 Å². The fraction of sp³-hybridized carbons (Fsp3) is 0.450. The Bertz CT molecular complexity index is 747. The van der Waals surface area contributed by atoms with Gasteiger partial charge in [0.15, 0.2) is 0 Å². The summed E-state index contributed by atoms with van der Waals surface area (Å²) in [5.74, 6) is -0.820. The minimum absolute atomic E-state index is 0.112. The highest BCUT2D eigenvalue weighted by atomic mass is 19.4. The Morgan fingerprint density at radius 3 is 2.52 bits per heavy atom. The second-order valence-corrected chi connectivity index (χ2v) is 7.07. The molecule has 1 aromatic rings. The van der Waals surface area contributed by atoms with Crippen molar-refractivity contribution in [3.8, 4) is 0 Å². The van der Waals surface area contributed by atoms with E-state index in [1.165, 1.54) is 11.0 Å². The molecule has 2 aliphatic heterocycles. The van der Waals surface area contributed by atoms with Gasteiger partial charge in [0.05, 0.1) is 12.6 Å². The lowest BCUT2D eigenvalue weighted by Gasteiger charge is -2.43. The number of carbonyl (C=O) groups is 1. The zero-order valence-electron chi connectivity index (χ0n) is 15.1. The van der Waals surface area contributed by atoms with Crippen LogP contribution in [0.15, 0.2) is 47.7 Å². The van der Waals surface area contributed by atoms with Gasteiger partial charge in [0, 0.05) is 24.6 Å². The topological polar surface area (TPSA) is 55.6 Å². The molecule has 2 heterocycles. The fourth-order valence-electron chi connectivity index (χ4n) is 3.75. The molecule has 0 aliphatic carbocycles. The summed E-state index contributed by atoms with van der Waals surface area (Å²) in [5.41, 5.74) is 6.56. The minimum atomic E-state index is -4.53. The number of aryl methyl sites for hydroxylation is 1. The second-order valence-electron chi connectivity index (χ2n) is 7.07. The van der Waals surface area contributed by atoms with E-state index in [1.807, 2.05) is 31.2 Å². The molecule has 0 saturated carbocycles. The van der Waals surface area contributed by atoms with E-state index in [4.69, 9.17) is 10.5 Å². The number of amides is 1. The van der Waals surface area contributed by atoms with Crippen molar-refractivity contribution < 1.29 is 22.7 Å². The molecule has 1 saturated heterocycles. The van der Waals surface area contributed by atoms with Gasteiger partial charge in [0.2, 0.25) is 5.91 Å². The Morgan fingerprint density at radius 2 is 1.96 bits per heavy atom. The first-order valence-corrected chi connectivity index (χ1v) is 8.96. The molecule has 3 rings (SSSR count). The smallest absolute Gasteiger partial charge is 0.381 e. The maximum Gasteiger partial charge on any atom is 0.431 e. The number of carbonyl (C=O) groups excluding carboxylic acids is 1. The van der Waals surface area contributed by atoms with Gasteiger partial charge >= 0.3 is 6.18 Å². The van der Waals surface area contributed by atoms with E-state index in [0.717, 1.165) is 30.0 Å². The molecule has 0 spiro atoms. The zero-order valence-corrected chi connectivity index (χ0v) is 15.1. The van der Waals surface area contributed by atoms with Crippen molar-refractivity contribution in [3.05, 3.63) is 58.8 Å². The SMILES string of the molecule is Cc1ccc([C@@H]([C@H]2CCCOC2)N2CC(C(N)=O)=CC=C2C(F)(F)F)cc1. The minimum Gasteiger partial charge on any atom is -0.381 e. The van der Waals surface area contributed by atoms with Crippen LogP contribution in [0.25, 0.3) is 0 Å². The van der Waals surface area contributed by atoms with Gasteiger partial charge in [-0.3, -0.25) is 4.79 Å². The molecule has 0 bridgehead atoms.